The van der Waals surface area contributed by atoms with Gasteiger partial charge in [0.25, 0.3) is 0 Å². The van der Waals surface area contributed by atoms with Gasteiger partial charge in [0.15, 0.2) is 0 Å². The Labute approximate surface area is 113 Å². The molecule has 0 bridgehead atoms. The highest BCUT2D eigenvalue weighted by atomic mass is 15.3. The quantitative estimate of drug-likeness (QED) is 0.700. The molecule has 2 fully saturated rings. The molecule has 0 aromatic carbocycles. The van der Waals surface area contributed by atoms with Crippen LogP contribution in [0.4, 0.5) is 0 Å². The standard InChI is InChI=1S/C15H31N3/c1-16-9-4-2-5-10-17-13-8-15(14-17)18-11-6-3-7-12-18/h15-16H,2-14H2,1H3. The largest absolute Gasteiger partial charge is 0.320 e. The third kappa shape index (κ3) is 4.52. The van der Waals surface area contributed by atoms with E-state index in [0.29, 0.717) is 0 Å². The van der Waals surface area contributed by atoms with Crippen LogP contribution in [0.5, 0.6) is 0 Å². The minimum Gasteiger partial charge on any atom is -0.320 e. The summed E-state index contributed by atoms with van der Waals surface area (Å²) in [6, 6.07) is 0.877. The van der Waals surface area contributed by atoms with Crippen molar-refractivity contribution in [2.75, 3.05) is 46.3 Å². The number of hydrogen-bond acceptors (Lipinski definition) is 3. The normalized spacial score (nSPS) is 26.8. The lowest BCUT2D eigenvalue weighted by Gasteiger charge is -2.32. The van der Waals surface area contributed by atoms with E-state index >= 15 is 0 Å². The predicted molar refractivity (Wildman–Crippen MR) is 78.0 cm³/mol. The summed E-state index contributed by atoms with van der Waals surface area (Å²) in [5.41, 5.74) is 0. The molecular formula is C15H31N3. The molecule has 0 radical (unpaired) electrons. The minimum atomic E-state index is 0.877. The Kier molecular flexibility index (Phi) is 6.46. The second-order valence-corrected chi connectivity index (χ2v) is 6.00. The summed E-state index contributed by atoms with van der Waals surface area (Å²) in [5.74, 6) is 0. The summed E-state index contributed by atoms with van der Waals surface area (Å²) in [4.78, 5) is 5.45. The van der Waals surface area contributed by atoms with Gasteiger partial charge in [0.05, 0.1) is 0 Å². The molecule has 0 saturated carbocycles. The lowest BCUT2D eigenvalue weighted by molar-refractivity contribution is 0.162. The van der Waals surface area contributed by atoms with Gasteiger partial charge in [-0.1, -0.05) is 12.8 Å². The zero-order valence-corrected chi connectivity index (χ0v) is 12.2. The Balaban J connectivity index is 1.56. The first kappa shape index (κ1) is 14.3. The highest BCUT2D eigenvalue weighted by Gasteiger charge is 2.27. The van der Waals surface area contributed by atoms with Gasteiger partial charge in [-0.15, -0.1) is 0 Å². The summed E-state index contributed by atoms with van der Waals surface area (Å²) in [6.07, 6.45) is 9.83. The van der Waals surface area contributed by atoms with Crippen molar-refractivity contribution in [2.24, 2.45) is 0 Å². The molecule has 0 spiro atoms. The Morgan fingerprint density at radius 1 is 1.00 bits per heavy atom. The van der Waals surface area contributed by atoms with Crippen molar-refractivity contribution in [3.63, 3.8) is 0 Å². The van der Waals surface area contributed by atoms with Gasteiger partial charge in [-0.05, 0) is 71.9 Å². The van der Waals surface area contributed by atoms with Gasteiger partial charge in [0, 0.05) is 12.6 Å². The number of nitrogens with zero attached hydrogens (tertiary/aromatic N) is 2. The molecule has 2 aliphatic rings. The van der Waals surface area contributed by atoms with Crippen molar-refractivity contribution in [1.82, 2.24) is 15.1 Å². The van der Waals surface area contributed by atoms with Crippen LogP contribution in [0, 0.1) is 0 Å². The van der Waals surface area contributed by atoms with Crippen LogP contribution < -0.4 is 5.32 Å². The maximum absolute atomic E-state index is 3.23. The van der Waals surface area contributed by atoms with Gasteiger partial charge in [0.2, 0.25) is 0 Å². The van der Waals surface area contributed by atoms with E-state index in [1.54, 1.807) is 0 Å². The molecule has 18 heavy (non-hydrogen) atoms. The molecule has 1 atom stereocenters. The van der Waals surface area contributed by atoms with Gasteiger partial charge in [-0.25, -0.2) is 0 Å². The molecule has 3 heteroatoms. The zero-order chi connectivity index (χ0) is 12.6. The fraction of sp³-hybridized carbons (Fsp3) is 1.00. The summed E-state index contributed by atoms with van der Waals surface area (Å²) in [6.45, 7) is 7.91. The molecule has 2 heterocycles. The van der Waals surface area contributed by atoms with Gasteiger partial charge < -0.3 is 10.2 Å². The maximum atomic E-state index is 3.23. The van der Waals surface area contributed by atoms with E-state index in [1.165, 1.54) is 84.2 Å². The molecule has 1 N–H and O–H groups in total. The summed E-state index contributed by atoms with van der Waals surface area (Å²) >= 11 is 0. The topological polar surface area (TPSA) is 18.5 Å². The maximum Gasteiger partial charge on any atom is 0.0235 e. The Hall–Kier alpha value is -0.120. The molecule has 106 valence electrons. The summed E-state index contributed by atoms with van der Waals surface area (Å²) < 4.78 is 0. The molecule has 2 aliphatic heterocycles. The smallest absolute Gasteiger partial charge is 0.0235 e. The Morgan fingerprint density at radius 2 is 1.83 bits per heavy atom. The highest BCUT2D eigenvalue weighted by molar-refractivity contribution is 4.84. The fourth-order valence-corrected chi connectivity index (χ4v) is 3.41. The van der Waals surface area contributed by atoms with Crippen molar-refractivity contribution in [2.45, 2.75) is 51.0 Å². The van der Waals surface area contributed by atoms with Crippen LogP contribution in [-0.4, -0.2) is 62.2 Å². The van der Waals surface area contributed by atoms with Crippen LogP contribution in [0.3, 0.4) is 0 Å². The lowest BCUT2D eigenvalue weighted by Crippen LogP contribution is -2.40. The van der Waals surface area contributed by atoms with Crippen molar-refractivity contribution >= 4 is 0 Å². The molecule has 3 nitrogen and oxygen atoms in total. The van der Waals surface area contributed by atoms with E-state index in [2.05, 4.69) is 15.1 Å². The van der Waals surface area contributed by atoms with Crippen LogP contribution in [-0.2, 0) is 0 Å². The lowest BCUT2D eigenvalue weighted by atomic mass is 10.1. The number of hydrogen-bond donors (Lipinski definition) is 1. The first-order chi connectivity index (χ1) is 8.90. The first-order valence-electron chi connectivity index (χ1n) is 8.01. The van der Waals surface area contributed by atoms with Gasteiger partial charge in [-0.3, -0.25) is 4.90 Å². The van der Waals surface area contributed by atoms with Crippen molar-refractivity contribution in [3.8, 4) is 0 Å². The zero-order valence-electron chi connectivity index (χ0n) is 12.2. The van der Waals surface area contributed by atoms with Crippen molar-refractivity contribution in [3.05, 3.63) is 0 Å². The van der Waals surface area contributed by atoms with Gasteiger partial charge in [0.1, 0.15) is 0 Å². The van der Waals surface area contributed by atoms with Gasteiger partial charge >= 0.3 is 0 Å². The predicted octanol–water partition coefficient (Wildman–Crippen LogP) is 1.94. The Bertz CT molecular complexity index is 214. The third-order valence-corrected chi connectivity index (χ3v) is 4.56. The molecule has 0 aromatic heterocycles. The third-order valence-electron chi connectivity index (χ3n) is 4.56. The summed E-state index contributed by atoms with van der Waals surface area (Å²) in [7, 11) is 2.05. The molecule has 0 aromatic rings. The highest BCUT2D eigenvalue weighted by Crippen LogP contribution is 2.20. The number of piperidine rings is 1. The molecular weight excluding hydrogens is 222 g/mol. The number of rotatable bonds is 7. The van der Waals surface area contributed by atoms with E-state index < -0.39 is 0 Å². The van der Waals surface area contributed by atoms with E-state index in [1.807, 2.05) is 7.05 Å². The van der Waals surface area contributed by atoms with Crippen molar-refractivity contribution < 1.29 is 0 Å². The number of likely N-dealkylation sites (tertiary alicyclic amines) is 2. The molecule has 0 aliphatic carbocycles. The second-order valence-electron chi connectivity index (χ2n) is 6.00. The molecule has 0 amide bonds. The van der Waals surface area contributed by atoms with Crippen LogP contribution in [0.1, 0.15) is 44.9 Å². The van der Waals surface area contributed by atoms with E-state index in [-0.39, 0.29) is 0 Å². The van der Waals surface area contributed by atoms with Crippen LogP contribution in [0.15, 0.2) is 0 Å². The average molecular weight is 253 g/mol. The average Bonchev–Trinajstić information content (AvgIpc) is 2.88. The number of nitrogens with one attached hydrogen (secondary N) is 1. The minimum absolute atomic E-state index is 0.877. The monoisotopic (exact) mass is 253 g/mol. The molecule has 2 saturated heterocycles. The van der Waals surface area contributed by atoms with E-state index in [0.717, 1.165) is 6.04 Å². The van der Waals surface area contributed by atoms with E-state index in [9.17, 15) is 0 Å². The molecule has 2 rings (SSSR count). The van der Waals surface area contributed by atoms with Gasteiger partial charge in [-0.2, -0.15) is 0 Å². The fourth-order valence-electron chi connectivity index (χ4n) is 3.41. The Morgan fingerprint density at radius 3 is 2.61 bits per heavy atom. The van der Waals surface area contributed by atoms with E-state index in [4.69, 9.17) is 0 Å². The number of unbranched alkanes of at least 4 members (excludes halogenated alkanes) is 2. The van der Waals surface area contributed by atoms with Crippen molar-refractivity contribution in [1.29, 1.82) is 0 Å². The van der Waals surface area contributed by atoms with Crippen LogP contribution >= 0.6 is 0 Å². The van der Waals surface area contributed by atoms with Crippen LogP contribution in [0.25, 0.3) is 0 Å². The van der Waals surface area contributed by atoms with Crippen LogP contribution in [0.2, 0.25) is 0 Å². The first-order valence-corrected chi connectivity index (χ1v) is 8.01. The second kappa shape index (κ2) is 8.13. The SMILES string of the molecule is CNCCCCCN1CCC(N2CCCCC2)C1. The summed E-state index contributed by atoms with van der Waals surface area (Å²) in [5, 5.41) is 3.23. The molecule has 1 unspecified atom stereocenters.